The lowest BCUT2D eigenvalue weighted by Gasteiger charge is -2.26. The molecular weight excluding hydrogens is 307 g/mol. The van der Waals surface area contributed by atoms with E-state index < -0.39 is 0 Å². The summed E-state index contributed by atoms with van der Waals surface area (Å²) in [6.07, 6.45) is 1.83. The van der Waals surface area contributed by atoms with E-state index in [2.05, 4.69) is 20.9 Å². The Hall–Kier alpha value is -1.42. The zero-order chi connectivity index (χ0) is 13.8. The minimum Gasteiger partial charge on any atom is -0.353 e. The highest BCUT2D eigenvalue weighted by molar-refractivity contribution is 9.08. The molecule has 1 aromatic heterocycles. The Kier molecular flexibility index (Phi) is 4.53. The van der Waals surface area contributed by atoms with Crippen molar-refractivity contribution in [1.82, 2.24) is 4.98 Å². The van der Waals surface area contributed by atoms with Gasteiger partial charge in [-0.05, 0) is 24.6 Å². The maximum atomic E-state index is 13.8. The molecule has 0 N–H and O–H groups in total. The zero-order valence-corrected chi connectivity index (χ0v) is 12.6. The van der Waals surface area contributed by atoms with Crippen molar-refractivity contribution in [3.63, 3.8) is 0 Å². The van der Waals surface area contributed by atoms with Gasteiger partial charge in [-0.1, -0.05) is 40.2 Å². The van der Waals surface area contributed by atoms with Crippen molar-refractivity contribution in [2.45, 2.75) is 18.3 Å². The third kappa shape index (κ3) is 3.13. The second kappa shape index (κ2) is 6.15. The van der Waals surface area contributed by atoms with Crippen LogP contribution in [0.5, 0.6) is 0 Å². The van der Waals surface area contributed by atoms with Crippen LogP contribution in [-0.4, -0.2) is 12.0 Å². The summed E-state index contributed by atoms with van der Waals surface area (Å²) in [5, 5.41) is 0.785. The highest BCUT2D eigenvalue weighted by Crippen LogP contribution is 2.25. The first kappa shape index (κ1) is 14.0. The highest BCUT2D eigenvalue weighted by Gasteiger charge is 2.16. The SMILES string of the molecule is CC(c1ccccc1F)N(C)c1ccc(CBr)cn1. The van der Waals surface area contributed by atoms with Gasteiger partial charge in [0.15, 0.2) is 0 Å². The predicted molar refractivity (Wildman–Crippen MR) is 80.1 cm³/mol. The topological polar surface area (TPSA) is 16.1 Å². The molecule has 1 atom stereocenters. The highest BCUT2D eigenvalue weighted by atomic mass is 79.9. The van der Waals surface area contributed by atoms with E-state index in [4.69, 9.17) is 0 Å². The van der Waals surface area contributed by atoms with Crippen LogP contribution >= 0.6 is 15.9 Å². The first-order chi connectivity index (χ1) is 9.13. The van der Waals surface area contributed by atoms with Gasteiger partial charge >= 0.3 is 0 Å². The van der Waals surface area contributed by atoms with E-state index >= 15 is 0 Å². The first-order valence-electron chi connectivity index (χ1n) is 6.11. The van der Waals surface area contributed by atoms with E-state index in [9.17, 15) is 4.39 Å². The fraction of sp³-hybridized carbons (Fsp3) is 0.267. The predicted octanol–water partition coefficient (Wildman–Crippen LogP) is 4.31. The maximum Gasteiger partial charge on any atom is 0.128 e. The molecule has 2 nitrogen and oxygen atoms in total. The average molecular weight is 323 g/mol. The zero-order valence-electron chi connectivity index (χ0n) is 11.0. The quantitative estimate of drug-likeness (QED) is 0.779. The molecule has 1 unspecified atom stereocenters. The molecule has 100 valence electrons. The lowest BCUT2D eigenvalue weighted by Crippen LogP contribution is -2.23. The van der Waals surface area contributed by atoms with Gasteiger partial charge in [-0.15, -0.1) is 0 Å². The van der Waals surface area contributed by atoms with E-state index in [1.807, 2.05) is 49.3 Å². The molecule has 0 aliphatic rings. The molecule has 0 spiro atoms. The molecule has 0 amide bonds. The Balaban J connectivity index is 2.23. The van der Waals surface area contributed by atoms with Gasteiger partial charge in [-0.2, -0.15) is 0 Å². The van der Waals surface area contributed by atoms with Crippen molar-refractivity contribution in [1.29, 1.82) is 0 Å². The molecule has 0 aliphatic heterocycles. The minimum atomic E-state index is -0.182. The average Bonchev–Trinajstić information content (AvgIpc) is 2.46. The van der Waals surface area contributed by atoms with Crippen LogP contribution in [0.4, 0.5) is 10.2 Å². The third-order valence-corrected chi connectivity index (χ3v) is 3.91. The number of aromatic nitrogens is 1. The monoisotopic (exact) mass is 322 g/mol. The molecule has 19 heavy (non-hydrogen) atoms. The Morgan fingerprint density at radius 2 is 2.00 bits per heavy atom. The van der Waals surface area contributed by atoms with Gasteiger partial charge in [0.2, 0.25) is 0 Å². The lowest BCUT2D eigenvalue weighted by atomic mass is 10.1. The van der Waals surface area contributed by atoms with Gasteiger partial charge in [0.1, 0.15) is 11.6 Å². The van der Waals surface area contributed by atoms with Crippen LogP contribution in [0.25, 0.3) is 0 Å². The number of benzene rings is 1. The molecular formula is C15H16BrFN2. The third-order valence-electron chi connectivity index (χ3n) is 3.26. The Bertz CT molecular complexity index is 542. The van der Waals surface area contributed by atoms with Crippen molar-refractivity contribution in [3.8, 4) is 0 Å². The smallest absolute Gasteiger partial charge is 0.128 e. The molecule has 1 heterocycles. The molecule has 0 saturated heterocycles. The number of hydrogen-bond donors (Lipinski definition) is 0. The maximum absolute atomic E-state index is 13.8. The summed E-state index contributed by atoms with van der Waals surface area (Å²) in [7, 11) is 1.92. The summed E-state index contributed by atoms with van der Waals surface area (Å²) in [5.74, 6) is 0.652. The number of pyridine rings is 1. The summed E-state index contributed by atoms with van der Waals surface area (Å²) in [5.41, 5.74) is 1.80. The molecule has 1 aromatic carbocycles. The summed E-state index contributed by atoms with van der Waals surface area (Å²) < 4.78 is 13.8. The normalized spacial score (nSPS) is 12.2. The van der Waals surface area contributed by atoms with Crippen molar-refractivity contribution in [3.05, 3.63) is 59.5 Å². The molecule has 0 saturated carbocycles. The van der Waals surface area contributed by atoms with E-state index in [1.165, 1.54) is 6.07 Å². The Morgan fingerprint density at radius 3 is 2.58 bits per heavy atom. The second-order valence-corrected chi connectivity index (χ2v) is 5.03. The van der Waals surface area contributed by atoms with Gasteiger partial charge < -0.3 is 4.90 Å². The van der Waals surface area contributed by atoms with Gasteiger partial charge in [0, 0.05) is 24.1 Å². The Morgan fingerprint density at radius 1 is 1.26 bits per heavy atom. The van der Waals surface area contributed by atoms with Crippen molar-refractivity contribution in [2.24, 2.45) is 0 Å². The van der Waals surface area contributed by atoms with Crippen LogP contribution in [0.3, 0.4) is 0 Å². The number of hydrogen-bond acceptors (Lipinski definition) is 2. The van der Waals surface area contributed by atoms with Crippen LogP contribution in [0, 0.1) is 5.82 Å². The number of alkyl halides is 1. The summed E-state index contributed by atoms with van der Waals surface area (Å²) in [6.45, 7) is 1.97. The van der Waals surface area contributed by atoms with Crippen LogP contribution < -0.4 is 4.90 Å². The fourth-order valence-electron chi connectivity index (χ4n) is 1.93. The van der Waals surface area contributed by atoms with Gasteiger partial charge in [0.05, 0.1) is 6.04 Å². The second-order valence-electron chi connectivity index (χ2n) is 4.47. The summed E-state index contributed by atoms with van der Waals surface area (Å²) in [4.78, 5) is 6.37. The molecule has 2 rings (SSSR count). The minimum absolute atomic E-state index is 0.0662. The molecule has 0 bridgehead atoms. The molecule has 0 aliphatic carbocycles. The van der Waals surface area contributed by atoms with Gasteiger partial charge in [-0.3, -0.25) is 0 Å². The summed E-state index contributed by atoms with van der Waals surface area (Å²) in [6, 6.07) is 10.8. The van der Waals surface area contributed by atoms with Crippen LogP contribution in [0.1, 0.15) is 24.1 Å². The Labute approximate surface area is 121 Å². The lowest BCUT2D eigenvalue weighted by molar-refractivity contribution is 0.584. The summed E-state index contributed by atoms with van der Waals surface area (Å²) >= 11 is 3.39. The number of anilines is 1. The van der Waals surface area contributed by atoms with Crippen LogP contribution in [0.15, 0.2) is 42.6 Å². The largest absolute Gasteiger partial charge is 0.353 e. The van der Waals surface area contributed by atoms with Gasteiger partial charge in [0.25, 0.3) is 0 Å². The van der Waals surface area contributed by atoms with E-state index in [0.717, 1.165) is 16.7 Å². The first-order valence-corrected chi connectivity index (χ1v) is 7.23. The molecule has 4 heteroatoms. The standard InChI is InChI=1S/C15H16BrFN2/c1-11(13-5-3-4-6-14(13)17)19(2)15-8-7-12(9-16)10-18-15/h3-8,10-11H,9H2,1-2H3. The molecule has 0 fully saturated rings. The fourth-order valence-corrected chi connectivity index (χ4v) is 2.26. The molecule has 0 radical (unpaired) electrons. The van der Waals surface area contributed by atoms with E-state index in [1.54, 1.807) is 6.07 Å². The van der Waals surface area contributed by atoms with E-state index in [0.29, 0.717) is 5.56 Å². The van der Waals surface area contributed by atoms with E-state index in [-0.39, 0.29) is 11.9 Å². The number of nitrogens with zero attached hydrogens (tertiary/aromatic N) is 2. The number of rotatable bonds is 4. The van der Waals surface area contributed by atoms with Crippen LogP contribution in [0.2, 0.25) is 0 Å². The van der Waals surface area contributed by atoms with Crippen molar-refractivity contribution < 1.29 is 4.39 Å². The van der Waals surface area contributed by atoms with Crippen molar-refractivity contribution >= 4 is 21.7 Å². The molecule has 2 aromatic rings. The van der Waals surface area contributed by atoms with Gasteiger partial charge in [-0.25, -0.2) is 9.37 Å². The number of halogens is 2. The van der Waals surface area contributed by atoms with Crippen molar-refractivity contribution in [2.75, 3.05) is 11.9 Å². The van der Waals surface area contributed by atoms with Crippen LogP contribution in [-0.2, 0) is 5.33 Å².